The SMILES string of the molecule is [C-]#[N+]c1ccc(-c2c3ncnc(OC4CCC(c5nc(C(C)C)no5)CC4)c3nn2C)c(F)c1. The monoisotopic (exact) mass is 461 g/mol. The maximum atomic E-state index is 14.7. The molecule has 0 N–H and O–H groups in total. The lowest BCUT2D eigenvalue weighted by Crippen LogP contribution is -2.24. The average molecular weight is 462 g/mol. The number of hydrogen-bond acceptors (Lipinski definition) is 7. The number of aryl methyl sites for hydroxylation is 1. The first kappa shape index (κ1) is 21.9. The number of hydrogen-bond donors (Lipinski definition) is 0. The quantitative estimate of drug-likeness (QED) is 0.371. The minimum Gasteiger partial charge on any atom is -0.473 e. The van der Waals surface area contributed by atoms with Gasteiger partial charge in [0.15, 0.2) is 17.0 Å². The van der Waals surface area contributed by atoms with E-state index < -0.39 is 5.82 Å². The molecule has 4 aromatic rings. The average Bonchev–Trinajstić information content (AvgIpc) is 3.45. The summed E-state index contributed by atoms with van der Waals surface area (Å²) >= 11 is 0. The zero-order valence-electron chi connectivity index (χ0n) is 19.2. The van der Waals surface area contributed by atoms with Crippen LogP contribution >= 0.6 is 0 Å². The van der Waals surface area contributed by atoms with E-state index in [0.717, 1.165) is 31.5 Å². The molecule has 0 saturated heterocycles. The van der Waals surface area contributed by atoms with E-state index in [4.69, 9.17) is 15.8 Å². The summed E-state index contributed by atoms with van der Waals surface area (Å²) in [6.07, 6.45) is 4.78. The molecule has 0 unspecified atom stereocenters. The normalized spacial score (nSPS) is 18.4. The molecule has 174 valence electrons. The molecule has 1 saturated carbocycles. The van der Waals surface area contributed by atoms with Gasteiger partial charge in [-0.1, -0.05) is 31.1 Å². The van der Waals surface area contributed by atoms with Crippen LogP contribution in [0.15, 0.2) is 29.0 Å². The Labute approximate surface area is 195 Å². The molecule has 0 bridgehead atoms. The van der Waals surface area contributed by atoms with Crippen LogP contribution in [0.5, 0.6) is 5.88 Å². The van der Waals surface area contributed by atoms with Gasteiger partial charge in [0.05, 0.1) is 12.3 Å². The van der Waals surface area contributed by atoms with Crippen molar-refractivity contribution >= 4 is 16.7 Å². The number of aromatic nitrogens is 6. The standard InChI is InChI=1S/C24H24FN7O2/c1-13(2)22-29-23(34-31-22)14-5-8-16(9-6-14)33-24-20-19(27-12-28-24)21(32(4)30-20)17-10-7-15(26-3)11-18(17)25/h7,10-14,16H,5-6,8-9H2,1-2,4H3. The van der Waals surface area contributed by atoms with Crippen molar-refractivity contribution in [3.05, 3.63) is 53.5 Å². The van der Waals surface area contributed by atoms with Crippen LogP contribution in [0.1, 0.15) is 63.1 Å². The van der Waals surface area contributed by atoms with Gasteiger partial charge in [0.25, 0.3) is 0 Å². The van der Waals surface area contributed by atoms with Crippen molar-refractivity contribution in [2.24, 2.45) is 7.05 Å². The highest BCUT2D eigenvalue weighted by atomic mass is 19.1. The van der Waals surface area contributed by atoms with Gasteiger partial charge in [-0.2, -0.15) is 15.1 Å². The summed E-state index contributed by atoms with van der Waals surface area (Å²) in [6, 6.07) is 4.37. The van der Waals surface area contributed by atoms with Crippen molar-refractivity contribution in [2.75, 3.05) is 0 Å². The van der Waals surface area contributed by atoms with Crippen LogP contribution in [0, 0.1) is 12.4 Å². The lowest BCUT2D eigenvalue weighted by atomic mass is 9.87. The molecule has 1 aliphatic carbocycles. The van der Waals surface area contributed by atoms with Crippen molar-refractivity contribution in [1.29, 1.82) is 0 Å². The van der Waals surface area contributed by atoms with Gasteiger partial charge >= 0.3 is 0 Å². The van der Waals surface area contributed by atoms with Crippen LogP contribution < -0.4 is 4.74 Å². The molecule has 3 heterocycles. The highest BCUT2D eigenvalue weighted by Crippen LogP contribution is 2.37. The number of benzene rings is 1. The first-order valence-electron chi connectivity index (χ1n) is 11.3. The van der Waals surface area contributed by atoms with Crippen LogP contribution in [-0.2, 0) is 7.05 Å². The number of ether oxygens (including phenoxy) is 1. The topological polar surface area (TPSA) is 96.1 Å². The molecule has 0 aliphatic heterocycles. The van der Waals surface area contributed by atoms with Gasteiger partial charge in [-0.15, -0.1) is 0 Å². The number of rotatable bonds is 5. The van der Waals surface area contributed by atoms with Gasteiger partial charge in [0.1, 0.15) is 23.8 Å². The Bertz CT molecular complexity index is 1380. The second-order valence-corrected chi connectivity index (χ2v) is 8.86. The molecule has 0 amide bonds. The van der Waals surface area contributed by atoms with E-state index in [1.54, 1.807) is 23.9 Å². The van der Waals surface area contributed by atoms with Crippen molar-refractivity contribution in [2.45, 2.75) is 57.5 Å². The summed E-state index contributed by atoms with van der Waals surface area (Å²) in [5.41, 5.74) is 2.06. The Morgan fingerprint density at radius 2 is 1.97 bits per heavy atom. The Hall–Kier alpha value is -3.87. The third-order valence-corrected chi connectivity index (χ3v) is 6.20. The molecule has 5 rings (SSSR count). The van der Waals surface area contributed by atoms with Gasteiger partial charge in [-0.05, 0) is 31.7 Å². The molecule has 1 fully saturated rings. The van der Waals surface area contributed by atoms with E-state index in [9.17, 15) is 4.39 Å². The van der Waals surface area contributed by atoms with E-state index in [0.29, 0.717) is 34.1 Å². The van der Waals surface area contributed by atoms with Gasteiger partial charge in [-0.25, -0.2) is 14.2 Å². The van der Waals surface area contributed by atoms with Gasteiger partial charge in [0, 0.05) is 24.4 Å². The molecule has 34 heavy (non-hydrogen) atoms. The predicted octanol–water partition coefficient (Wildman–Crippen LogP) is 5.33. The van der Waals surface area contributed by atoms with Crippen LogP contribution in [0.4, 0.5) is 10.1 Å². The van der Waals surface area contributed by atoms with Crippen molar-refractivity contribution in [3.8, 4) is 17.1 Å². The maximum Gasteiger partial charge on any atom is 0.245 e. The summed E-state index contributed by atoms with van der Waals surface area (Å²) in [5, 5.41) is 8.60. The van der Waals surface area contributed by atoms with Crippen LogP contribution in [0.25, 0.3) is 27.1 Å². The number of halogens is 1. The fraction of sp³-hybridized carbons (Fsp3) is 0.417. The van der Waals surface area contributed by atoms with Crippen LogP contribution in [-0.4, -0.2) is 36.0 Å². The molecule has 0 radical (unpaired) electrons. The van der Waals surface area contributed by atoms with Crippen molar-refractivity contribution < 1.29 is 13.7 Å². The predicted molar refractivity (Wildman–Crippen MR) is 122 cm³/mol. The Kier molecular flexibility index (Phi) is 5.69. The maximum absolute atomic E-state index is 14.7. The Balaban J connectivity index is 1.35. The smallest absolute Gasteiger partial charge is 0.245 e. The number of nitrogens with zero attached hydrogens (tertiary/aromatic N) is 7. The minimum absolute atomic E-state index is 0.0259. The Morgan fingerprint density at radius 3 is 2.65 bits per heavy atom. The van der Waals surface area contributed by atoms with Gasteiger partial charge < -0.3 is 9.26 Å². The third kappa shape index (κ3) is 3.98. The molecule has 10 heteroatoms. The molecular weight excluding hydrogens is 437 g/mol. The summed E-state index contributed by atoms with van der Waals surface area (Å²) < 4.78 is 28.0. The van der Waals surface area contributed by atoms with Gasteiger partial charge in [0.2, 0.25) is 11.8 Å². The highest BCUT2D eigenvalue weighted by molar-refractivity contribution is 5.92. The van der Waals surface area contributed by atoms with E-state index in [1.165, 1.54) is 12.4 Å². The molecule has 1 aromatic carbocycles. The molecule has 0 spiro atoms. The van der Waals surface area contributed by atoms with E-state index in [-0.39, 0.29) is 23.6 Å². The molecule has 9 nitrogen and oxygen atoms in total. The molecule has 3 aromatic heterocycles. The summed E-state index contributed by atoms with van der Waals surface area (Å²) in [5.74, 6) is 1.79. The molecular formula is C24H24FN7O2. The zero-order valence-corrected chi connectivity index (χ0v) is 19.2. The van der Waals surface area contributed by atoms with Gasteiger partial charge in [-0.3, -0.25) is 4.68 Å². The van der Waals surface area contributed by atoms with Crippen LogP contribution in [0.2, 0.25) is 0 Å². The Morgan fingerprint density at radius 1 is 1.18 bits per heavy atom. The largest absolute Gasteiger partial charge is 0.473 e. The fourth-order valence-corrected chi connectivity index (χ4v) is 4.37. The summed E-state index contributed by atoms with van der Waals surface area (Å²) in [7, 11) is 1.73. The third-order valence-electron chi connectivity index (χ3n) is 6.20. The van der Waals surface area contributed by atoms with E-state index in [2.05, 4.69) is 30.1 Å². The first-order valence-corrected chi connectivity index (χ1v) is 11.3. The van der Waals surface area contributed by atoms with E-state index in [1.807, 2.05) is 13.8 Å². The molecule has 0 atom stereocenters. The second-order valence-electron chi connectivity index (χ2n) is 8.86. The van der Waals surface area contributed by atoms with E-state index >= 15 is 0 Å². The van der Waals surface area contributed by atoms with Crippen molar-refractivity contribution in [3.63, 3.8) is 0 Å². The fourth-order valence-electron chi connectivity index (χ4n) is 4.37. The zero-order chi connectivity index (χ0) is 23.8. The first-order chi connectivity index (χ1) is 16.4. The van der Waals surface area contributed by atoms with Crippen molar-refractivity contribution in [1.82, 2.24) is 29.9 Å². The summed E-state index contributed by atoms with van der Waals surface area (Å²) in [4.78, 5) is 16.5. The second kappa shape index (κ2) is 8.82. The molecule has 1 aliphatic rings. The lowest BCUT2D eigenvalue weighted by Gasteiger charge is -2.26. The lowest BCUT2D eigenvalue weighted by molar-refractivity contribution is 0.135. The van der Waals surface area contributed by atoms with Crippen LogP contribution in [0.3, 0.4) is 0 Å². The highest BCUT2D eigenvalue weighted by Gasteiger charge is 2.29. The number of fused-ring (bicyclic) bond motifs is 1. The minimum atomic E-state index is -0.501. The summed E-state index contributed by atoms with van der Waals surface area (Å²) in [6.45, 7) is 11.2.